The smallest absolute Gasteiger partial charge is 0.330 e. The van der Waals surface area contributed by atoms with Crippen LogP contribution in [0.2, 0.25) is 0 Å². The first-order chi connectivity index (χ1) is 9.60. The topological polar surface area (TPSA) is 94.4 Å². The predicted octanol–water partition coefficient (Wildman–Crippen LogP) is 0.228. The summed E-state index contributed by atoms with van der Waals surface area (Å²) >= 11 is 0. The van der Waals surface area contributed by atoms with Crippen molar-refractivity contribution in [2.75, 3.05) is 0 Å². The SMILES string of the molecule is CCn1cc(CCCC(=O)ON2C(=O)CCC2=O)nn1. The number of nitrogens with zero attached hydrogens (tertiary/aromatic N) is 4. The van der Waals surface area contributed by atoms with Crippen LogP contribution in [-0.4, -0.2) is 37.8 Å². The molecule has 1 saturated heterocycles. The molecular weight excluding hydrogens is 264 g/mol. The van der Waals surface area contributed by atoms with E-state index >= 15 is 0 Å². The second kappa shape index (κ2) is 6.27. The highest BCUT2D eigenvalue weighted by molar-refractivity contribution is 6.01. The normalized spacial score (nSPS) is 14.9. The molecule has 0 N–H and O–H groups in total. The minimum absolute atomic E-state index is 0.103. The summed E-state index contributed by atoms with van der Waals surface area (Å²) in [6.45, 7) is 2.70. The van der Waals surface area contributed by atoms with Gasteiger partial charge in [-0.15, -0.1) is 10.2 Å². The third kappa shape index (κ3) is 3.40. The van der Waals surface area contributed by atoms with Crippen molar-refractivity contribution in [2.45, 2.75) is 45.6 Å². The standard InChI is InChI=1S/C12H16N4O4/c1-2-15-8-9(13-14-15)4-3-5-12(19)20-16-10(17)6-7-11(16)18/h8H,2-7H2,1H3. The van der Waals surface area contributed by atoms with E-state index in [-0.39, 0.29) is 19.3 Å². The summed E-state index contributed by atoms with van der Waals surface area (Å²) < 4.78 is 1.70. The van der Waals surface area contributed by atoms with Crippen molar-refractivity contribution < 1.29 is 19.2 Å². The van der Waals surface area contributed by atoms with E-state index in [9.17, 15) is 14.4 Å². The zero-order valence-electron chi connectivity index (χ0n) is 11.2. The van der Waals surface area contributed by atoms with Gasteiger partial charge in [-0.1, -0.05) is 5.21 Å². The van der Waals surface area contributed by atoms with Crippen LogP contribution >= 0.6 is 0 Å². The molecule has 8 heteroatoms. The lowest BCUT2D eigenvalue weighted by molar-refractivity contribution is -0.197. The van der Waals surface area contributed by atoms with Crippen LogP contribution in [0.1, 0.15) is 38.3 Å². The van der Waals surface area contributed by atoms with Crippen LogP contribution in [0.15, 0.2) is 6.20 Å². The Kier molecular flexibility index (Phi) is 4.44. The van der Waals surface area contributed by atoms with Gasteiger partial charge in [-0.25, -0.2) is 4.79 Å². The van der Waals surface area contributed by atoms with Gasteiger partial charge in [0.25, 0.3) is 11.8 Å². The number of carbonyl (C=O) groups is 3. The van der Waals surface area contributed by atoms with E-state index in [4.69, 9.17) is 4.84 Å². The van der Waals surface area contributed by atoms with Crippen molar-refractivity contribution in [2.24, 2.45) is 0 Å². The van der Waals surface area contributed by atoms with Crippen LogP contribution in [0.25, 0.3) is 0 Å². The fourth-order valence-electron chi connectivity index (χ4n) is 1.83. The molecule has 8 nitrogen and oxygen atoms in total. The monoisotopic (exact) mass is 280 g/mol. The van der Waals surface area contributed by atoms with Crippen molar-refractivity contribution in [1.82, 2.24) is 20.1 Å². The molecule has 2 heterocycles. The quantitative estimate of drug-likeness (QED) is 0.692. The zero-order valence-corrected chi connectivity index (χ0v) is 11.2. The molecule has 1 aliphatic rings. The molecule has 1 aliphatic heterocycles. The molecule has 20 heavy (non-hydrogen) atoms. The minimum Gasteiger partial charge on any atom is -0.330 e. The molecule has 0 bridgehead atoms. The van der Waals surface area contributed by atoms with Crippen molar-refractivity contribution >= 4 is 17.8 Å². The fourth-order valence-corrected chi connectivity index (χ4v) is 1.83. The molecule has 108 valence electrons. The number of aryl methyl sites for hydroxylation is 2. The first-order valence-electron chi connectivity index (χ1n) is 6.55. The molecule has 0 unspecified atom stereocenters. The van der Waals surface area contributed by atoms with Gasteiger partial charge in [-0.2, -0.15) is 0 Å². The Hall–Kier alpha value is -2.25. The van der Waals surface area contributed by atoms with E-state index in [1.165, 1.54) is 0 Å². The summed E-state index contributed by atoms with van der Waals surface area (Å²) in [7, 11) is 0. The third-order valence-corrected chi connectivity index (χ3v) is 2.92. The van der Waals surface area contributed by atoms with Crippen molar-refractivity contribution in [1.29, 1.82) is 0 Å². The molecular formula is C12H16N4O4. The first-order valence-corrected chi connectivity index (χ1v) is 6.55. The van der Waals surface area contributed by atoms with E-state index in [0.29, 0.717) is 17.9 Å². The van der Waals surface area contributed by atoms with Gasteiger partial charge in [0.2, 0.25) is 0 Å². The van der Waals surface area contributed by atoms with Gasteiger partial charge in [-0.3, -0.25) is 14.3 Å². The molecule has 1 fully saturated rings. The molecule has 0 aromatic carbocycles. The molecule has 0 radical (unpaired) electrons. The summed E-state index contributed by atoms with van der Waals surface area (Å²) in [5.74, 6) is -1.51. The maximum Gasteiger partial charge on any atom is 0.333 e. The van der Waals surface area contributed by atoms with Crippen LogP contribution in [-0.2, 0) is 32.2 Å². The number of rotatable bonds is 6. The van der Waals surface area contributed by atoms with Gasteiger partial charge in [0.15, 0.2) is 0 Å². The number of hydrogen-bond donors (Lipinski definition) is 0. The van der Waals surface area contributed by atoms with E-state index < -0.39 is 17.8 Å². The Labute approximate surface area is 115 Å². The molecule has 0 saturated carbocycles. The minimum atomic E-state index is -0.587. The lowest BCUT2D eigenvalue weighted by Crippen LogP contribution is -2.32. The largest absolute Gasteiger partial charge is 0.333 e. The van der Waals surface area contributed by atoms with Crippen molar-refractivity contribution in [3.05, 3.63) is 11.9 Å². The average Bonchev–Trinajstić information content (AvgIpc) is 3.00. The Morgan fingerprint density at radius 1 is 1.35 bits per heavy atom. The average molecular weight is 280 g/mol. The lowest BCUT2D eigenvalue weighted by atomic mass is 10.2. The van der Waals surface area contributed by atoms with Gasteiger partial charge in [0.05, 0.1) is 5.69 Å². The highest BCUT2D eigenvalue weighted by Gasteiger charge is 2.32. The Balaban J connectivity index is 1.72. The van der Waals surface area contributed by atoms with Crippen LogP contribution in [0.4, 0.5) is 0 Å². The summed E-state index contributed by atoms with van der Waals surface area (Å²) in [5.41, 5.74) is 0.799. The zero-order chi connectivity index (χ0) is 14.5. The summed E-state index contributed by atoms with van der Waals surface area (Å²) in [5, 5.41) is 8.41. The molecule has 0 atom stereocenters. The Bertz CT molecular complexity index is 509. The van der Waals surface area contributed by atoms with Gasteiger partial charge >= 0.3 is 5.97 Å². The first kappa shape index (κ1) is 14.2. The van der Waals surface area contributed by atoms with Crippen molar-refractivity contribution in [3.8, 4) is 0 Å². The maximum absolute atomic E-state index is 11.5. The number of aromatic nitrogens is 3. The summed E-state index contributed by atoms with van der Waals surface area (Å²) in [6, 6.07) is 0. The number of amides is 2. The van der Waals surface area contributed by atoms with Crippen LogP contribution in [0.3, 0.4) is 0 Å². The van der Waals surface area contributed by atoms with E-state index in [1.807, 2.05) is 13.1 Å². The predicted molar refractivity (Wildman–Crippen MR) is 65.8 cm³/mol. The maximum atomic E-state index is 11.5. The number of hydroxylamine groups is 2. The van der Waals surface area contributed by atoms with E-state index in [0.717, 1.165) is 12.2 Å². The summed E-state index contributed by atoms with van der Waals surface area (Å²) in [6.07, 6.45) is 3.27. The molecule has 2 amide bonds. The number of hydrogen-bond acceptors (Lipinski definition) is 6. The molecule has 0 aliphatic carbocycles. The third-order valence-electron chi connectivity index (χ3n) is 2.92. The molecule has 1 aromatic heterocycles. The highest BCUT2D eigenvalue weighted by Crippen LogP contribution is 2.13. The Morgan fingerprint density at radius 3 is 2.65 bits per heavy atom. The molecule has 1 aromatic rings. The van der Waals surface area contributed by atoms with Gasteiger partial charge in [-0.05, 0) is 19.8 Å². The van der Waals surface area contributed by atoms with Crippen molar-refractivity contribution in [3.63, 3.8) is 0 Å². The molecule has 0 spiro atoms. The van der Waals surface area contributed by atoms with Crippen LogP contribution in [0, 0.1) is 0 Å². The fraction of sp³-hybridized carbons (Fsp3) is 0.583. The van der Waals surface area contributed by atoms with Crippen LogP contribution in [0.5, 0.6) is 0 Å². The second-order valence-corrected chi connectivity index (χ2v) is 4.46. The lowest BCUT2D eigenvalue weighted by Gasteiger charge is -2.12. The Morgan fingerprint density at radius 2 is 2.05 bits per heavy atom. The summed E-state index contributed by atoms with van der Waals surface area (Å²) in [4.78, 5) is 38.8. The van der Waals surface area contributed by atoms with E-state index in [2.05, 4.69) is 10.3 Å². The highest BCUT2D eigenvalue weighted by atomic mass is 16.7. The van der Waals surface area contributed by atoms with Crippen LogP contribution < -0.4 is 0 Å². The molecule has 2 rings (SSSR count). The number of carbonyl (C=O) groups excluding carboxylic acids is 3. The second-order valence-electron chi connectivity index (χ2n) is 4.46. The van der Waals surface area contributed by atoms with Gasteiger partial charge in [0, 0.05) is 32.0 Å². The van der Waals surface area contributed by atoms with Gasteiger partial charge in [0.1, 0.15) is 0 Å². The van der Waals surface area contributed by atoms with E-state index in [1.54, 1.807) is 4.68 Å². The van der Waals surface area contributed by atoms with Gasteiger partial charge < -0.3 is 4.84 Å². The number of imide groups is 1.